The molecule has 23 heavy (non-hydrogen) atoms. The molecule has 8 heteroatoms. The Morgan fingerprint density at radius 1 is 1.26 bits per heavy atom. The summed E-state index contributed by atoms with van der Waals surface area (Å²) in [5.41, 5.74) is 1.10. The monoisotopic (exact) mass is 395 g/mol. The van der Waals surface area contributed by atoms with E-state index in [0.29, 0.717) is 5.69 Å². The van der Waals surface area contributed by atoms with Gasteiger partial charge in [-0.2, -0.15) is 0 Å². The van der Waals surface area contributed by atoms with Crippen molar-refractivity contribution in [3.05, 3.63) is 58.4 Å². The maximum absolute atomic E-state index is 13.0. The van der Waals surface area contributed by atoms with Gasteiger partial charge in [0.25, 0.3) is 0 Å². The highest BCUT2D eigenvalue weighted by molar-refractivity contribution is 9.10. The average molecular weight is 396 g/mol. The second-order valence-electron chi connectivity index (χ2n) is 4.49. The minimum atomic E-state index is -3.51. The highest BCUT2D eigenvalue weighted by Crippen LogP contribution is 2.49. The fourth-order valence-corrected chi connectivity index (χ4v) is 3.93. The number of para-hydroxylation sites is 1. The van der Waals surface area contributed by atoms with Gasteiger partial charge in [0.1, 0.15) is 5.75 Å². The predicted molar refractivity (Wildman–Crippen MR) is 95.0 cm³/mol. The third kappa shape index (κ3) is 4.49. The summed E-state index contributed by atoms with van der Waals surface area (Å²) < 4.78 is 19.0. The molecule has 0 amide bonds. The SMILES string of the molecule is [C-]#[N+]c1ccc(NP(=O)(Nc2ccccc2Br)OCC)c(O)c1. The molecule has 2 aromatic rings. The van der Waals surface area contributed by atoms with Crippen LogP contribution < -0.4 is 10.2 Å². The van der Waals surface area contributed by atoms with Gasteiger partial charge in [0.05, 0.1) is 24.6 Å². The second-order valence-corrected chi connectivity index (χ2v) is 7.15. The quantitative estimate of drug-likeness (QED) is 0.348. The van der Waals surface area contributed by atoms with Gasteiger partial charge >= 0.3 is 7.67 Å². The molecule has 6 nitrogen and oxygen atoms in total. The Labute approximate surface area is 143 Å². The van der Waals surface area contributed by atoms with Gasteiger partial charge in [0, 0.05) is 4.47 Å². The summed E-state index contributed by atoms with van der Waals surface area (Å²) in [6.07, 6.45) is 0. The van der Waals surface area contributed by atoms with Crippen LogP contribution in [0.1, 0.15) is 6.92 Å². The third-order valence-electron chi connectivity index (χ3n) is 2.83. The maximum Gasteiger partial charge on any atom is 0.391 e. The minimum absolute atomic E-state index is 0.174. The molecule has 0 bridgehead atoms. The molecule has 0 saturated carbocycles. The molecule has 2 aromatic carbocycles. The summed E-state index contributed by atoms with van der Waals surface area (Å²) in [6.45, 7) is 8.86. The molecule has 120 valence electrons. The van der Waals surface area contributed by atoms with Crippen molar-refractivity contribution in [2.24, 2.45) is 0 Å². The summed E-state index contributed by atoms with van der Waals surface area (Å²) in [5.74, 6) is -0.174. The van der Waals surface area contributed by atoms with Crippen molar-refractivity contribution >= 4 is 40.7 Å². The van der Waals surface area contributed by atoms with Crippen molar-refractivity contribution < 1.29 is 14.2 Å². The Kier molecular flexibility index (Phi) is 5.67. The number of rotatable bonds is 6. The van der Waals surface area contributed by atoms with Crippen LogP contribution in [0.15, 0.2) is 46.9 Å². The van der Waals surface area contributed by atoms with Crippen LogP contribution in [0.5, 0.6) is 5.75 Å². The fourth-order valence-electron chi connectivity index (χ4n) is 1.83. The highest BCUT2D eigenvalue weighted by Gasteiger charge is 2.25. The van der Waals surface area contributed by atoms with E-state index in [2.05, 4.69) is 30.9 Å². The van der Waals surface area contributed by atoms with Crippen LogP contribution in [-0.4, -0.2) is 11.7 Å². The predicted octanol–water partition coefficient (Wildman–Crippen LogP) is 5.37. The number of nitrogens with one attached hydrogen (secondary N) is 2. The van der Waals surface area contributed by atoms with Gasteiger partial charge in [-0.1, -0.05) is 18.2 Å². The van der Waals surface area contributed by atoms with E-state index in [-0.39, 0.29) is 23.7 Å². The van der Waals surface area contributed by atoms with Crippen LogP contribution in [0.3, 0.4) is 0 Å². The number of nitrogens with zero attached hydrogens (tertiary/aromatic N) is 1. The molecular formula is C15H15BrN3O3P. The molecule has 0 saturated heterocycles. The summed E-state index contributed by atoms with van der Waals surface area (Å²) in [5, 5.41) is 15.5. The van der Waals surface area contributed by atoms with Crippen molar-refractivity contribution in [2.75, 3.05) is 16.8 Å². The molecule has 1 atom stereocenters. The number of phenolic OH excluding ortho intramolecular Hbond substituents is 1. The first-order chi connectivity index (χ1) is 11.0. The molecule has 0 aliphatic rings. The Hall–Kier alpha value is -2.00. The van der Waals surface area contributed by atoms with Crippen LogP contribution >= 0.6 is 23.6 Å². The lowest BCUT2D eigenvalue weighted by Gasteiger charge is -2.22. The summed E-state index contributed by atoms with van der Waals surface area (Å²) in [6, 6.07) is 11.5. The van der Waals surface area contributed by atoms with Crippen molar-refractivity contribution in [1.82, 2.24) is 0 Å². The van der Waals surface area contributed by atoms with Crippen molar-refractivity contribution in [3.8, 4) is 5.75 Å². The Morgan fingerprint density at radius 3 is 2.57 bits per heavy atom. The first-order valence-electron chi connectivity index (χ1n) is 6.73. The summed E-state index contributed by atoms with van der Waals surface area (Å²) in [7, 11) is -3.51. The van der Waals surface area contributed by atoms with E-state index in [0.717, 1.165) is 4.47 Å². The zero-order valence-electron chi connectivity index (χ0n) is 12.3. The number of phenols is 1. The van der Waals surface area contributed by atoms with Crippen molar-refractivity contribution in [3.63, 3.8) is 0 Å². The average Bonchev–Trinajstić information content (AvgIpc) is 2.52. The standard InChI is InChI=1S/C15H15BrN3O3P/c1-3-22-23(21,18-13-7-5-4-6-12(13)16)19-14-9-8-11(17-2)10-15(14)20/h4-10,20H,3H2,1H3,(H2,18,19,21). The van der Waals surface area contributed by atoms with E-state index in [1.54, 1.807) is 25.1 Å². The van der Waals surface area contributed by atoms with E-state index >= 15 is 0 Å². The number of hydrogen-bond donors (Lipinski definition) is 3. The van der Waals surface area contributed by atoms with E-state index in [1.807, 2.05) is 6.07 Å². The van der Waals surface area contributed by atoms with Crippen molar-refractivity contribution in [1.29, 1.82) is 0 Å². The van der Waals surface area contributed by atoms with Gasteiger partial charge < -0.3 is 5.11 Å². The number of halogens is 1. The topological polar surface area (TPSA) is 75.0 Å². The van der Waals surface area contributed by atoms with Gasteiger partial charge in [-0.25, -0.2) is 9.41 Å². The fraction of sp³-hybridized carbons (Fsp3) is 0.133. The minimum Gasteiger partial charge on any atom is -0.507 e. The molecule has 0 radical (unpaired) electrons. The lowest BCUT2D eigenvalue weighted by Crippen LogP contribution is -2.10. The molecular weight excluding hydrogens is 381 g/mol. The van der Waals surface area contributed by atoms with Gasteiger partial charge in [-0.05, 0) is 47.1 Å². The van der Waals surface area contributed by atoms with Crippen LogP contribution in [0.4, 0.5) is 17.1 Å². The molecule has 2 rings (SSSR count). The van der Waals surface area contributed by atoms with Crippen LogP contribution in [0.2, 0.25) is 0 Å². The molecule has 1 unspecified atom stereocenters. The Morgan fingerprint density at radius 2 is 1.96 bits per heavy atom. The number of anilines is 2. The first kappa shape index (κ1) is 17.4. The van der Waals surface area contributed by atoms with Gasteiger partial charge in [0.2, 0.25) is 0 Å². The van der Waals surface area contributed by atoms with Crippen LogP contribution in [0.25, 0.3) is 4.85 Å². The molecule has 0 heterocycles. The number of benzene rings is 2. The van der Waals surface area contributed by atoms with E-state index in [1.165, 1.54) is 18.2 Å². The number of aromatic hydroxyl groups is 1. The molecule has 0 fully saturated rings. The zero-order valence-corrected chi connectivity index (χ0v) is 14.8. The van der Waals surface area contributed by atoms with Gasteiger partial charge in [0.15, 0.2) is 5.69 Å². The Bertz CT molecular complexity index is 792. The first-order valence-corrected chi connectivity index (χ1v) is 9.15. The van der Waals surface area contributed by atoms with E-state index < -0.39 is 7.67 Å². The summed E-state index contributed by atoms with van der Waals surface area (Å²) in [4.78, 5) is 3.22. The largest absolute Gasteiger partial charge is 0.507 e. The molecule has 3 N–H and O–H groups in total. The van der Waals surface area contributed by atoms with Crippen LogP contribution in [-0.2, 0) is 9.09 Å². The maximum atomic E-state index is 13.0. The van der Waals surface area contributed by atoms with Gasteiger partial charge in [-0.15, -0.1) is 0 Å². The highest BCUT2D eigenvalue weighted by atomic mass is 79.9. The number of hydrogen-bond acceptors (Lipinski definition) is 3. The second kappa shape index (κ2) is 7.51. The van der Waals surface area contributed by atoms with Gasteiger partial charge in [-0.3, -0.25) is 14.7 Å². The van der Waals surface area contributed by atoms with Crippen LogP contribution in [0, 0.1) is 6.57 Å². The van der Waals surface area contributed by atoms with E-state index in [9.17, 15) is 9.67 Å². The molecule has 0 aliphatic carbocycles. The normalized spacial score (nSPS) is 12.9. The zero-order chi connectivity index (χ0) is 16.9. The lowest BCUT2D eigenvalue weighted by molar-refractivity contribution is 0.340. The summed E-state index contributed by atoms with van der Waals surface area (Å²) >= 11 is 3.37. The lowest BCUT2D eigenvalue weighted by atomic mass is 10.3. The molecule has 0 aromatic heterocycles. The third-order valence-corrected chi connectivity index (χ3v) is 5.21. The molecule has 0 aliphatic heterocycles. The van der Waals surface area contributed by atoms with E-state index in [4.69, 9.17) is 11.1 Å². The molecule has 0 spiro atoms. The smallest absolute Gasteiger partial charge is 0.391 e. The Balaban J connectivity index is 2.29. The van der Waals surface area contributed by atoms with Crippen molar-refractivity contribution in [2.45, 2.75) is 6.92 Å².